The SMILES string of the molecule is Cc1cc(Cl)ccc1OCC(=O)OCC(=O)N[C@@H]1CCCc2ccccc21. The highest BCUT2D eigenvalue weighted by atomic mass is 35.5. The minimum absolute atomic E-state index is 0.0332. The van der Waals surface area contributed by atoms with Crippen LogP contribution >= 0.6 is 11.6 Å². The Morgan fingerprint density at radius 3 is 2.81 bits per heavy atom. The van der Waals surface area contributed by atoms with E-state index >= 15 is 0 Å². The molecule has 1 amide bonds. The molecule has 2 aromatic rings. The first-order valence-electron chi connectivity index (χ1n) is 8.94. The smallest absolute Gasteiger partial charge is 0.344 e. The van der Waals surface area contributed by atoms with Gasteiger partial charge in [-0.15, -0.1) is 0 Å². The molecule has 1 atom stereocenters. The zero-order valence-corrected chi connectivity index (χ0v) is 15.9. The minimum atomic E-state index is -0.594. The molecular weight excluding hydrogens is 366 g/mol. The molecule has 0 spiro atoms. The second-order valence-corrected chi connectivity index (χ2v) is 7.01. The van der Waals surface area contributed by atoms with Crippen molar-refractivity contribution in [1.29, 1.82) is 0 Å². The predicted molar refractivity (Wildman–Crippen MR) is 103 cm³/mol. The number of ether oxygens (including phenoxy) is 2. The third kappa shape index (κ3) is 5.23. The van der Waals surface area contributed by atoms with E-state index in [9.17, 15) is 9.59 Å². The van der Waals surface area contributed by atoms with E-state index in [0.717, 1.165) is 30.4 Å². The molecule has 0 saturated carbocycles. The summed E-state index contributed by atoms with van der Waals surface area (Å²) in [5.41, 5.74) is 3.23. The first kappa shape index (κ1) is 19.2. The van der Waals surface area contributed by atoms with Gasteiger partial charge in [0.2, 0.25) is 0 Å². The van der Waals surface area contributed by atoms with Crippen LogP contribution in [0.2, 0.25) is 5.02 Å². The maximum Gasteiger partial charge on any atom is 0.344 e. The lowest BCUT2D eigenvalue weighted by Crippen LogP contribution is -2.34. The number of rotatable bonds is 6. The Morgan fingerprint density at radius 2 is 2.00 bits per heavy atom. The highest BCUT2D eigenvalue weighted by Crippen LogP contribution is 2.29. The van der Waals surface area contributed by atoms with E-state index < -0.39 is 5.97 Å². The number of benzene rings is 2. The summed E-state index contributed by atoms with van der Waals surface area (Å²) < 4.78 is 10.4. The average molecular weight is 388 g/mol. The average Bonchev–Trinajstić information content (AvgIpc) is 2.66. The maximum absolute atomic E-state index is 12.1. The predicted octanol–water partition coefficient (Wildman–Crippen LogP) is 3.76. The first-order valence-corrected chi connectivity index (χ1v) is 9.32. The highest BCUT2D eigenvalue weighted by Gasteiger charge is 2.21. The van der Waals surface area contributed by atoms with Crippen LogP contribution in [-0.2, 0) is 20.7 Å². The third-order valence-corrected chi connectivity index (χ3v) is 4.79. The van der Waals surface area contributed by atoms with Crippen LogP contribution in [0.1, 0.15) is 35.6 Å². The topological polar surface area (TPSA) is 64.6 Å². The Kier molecular flexibility index (Phi) is 6.35. The van der Waals surface area contributed by atoms with E-state index in [2.05, 4.69) is 11.4 Å². The molecule has 0 aliphatic heterocycles. The fourth-order valence-electron chi connectivity index (χ4n) is 3.24. The van der Waals surface area contributed by atoms with Crippen LogP contribution in [0, 0.1) is 6.92 Å². The summed E-state index contributed by atoms with van der Waals surface area (Å²) in [4.78, 5) is 24.0. The van der Waals surface area contributed by atoms with Crippen molar-refractivity contribution in [2.24, 2.45) is 0 Å². The van der Waals surface area contributed by atoms with Gasteiger partial charge in [-0.2, -0.15) is 0 Å². The van der Waals surface area contributed by atoms with Crippen LogP contribution in [0.15, 0.2) is 42.5 Å². The molecule has 1 aliphatic rings. The maximum atomic E-state index is 12.1. The summed E-state index contributed by atoms with van der Waals surface area (Å²) in [5.74, 6) is -0.351. The Hall–Kier alpha value is -2.53. The van der Waals surface area contributed by atoms with Gasteiger partial charge in [-0.3, -0.25) is 4.79 Å². The van der Waals surface area contributed by atoms with Gasteiger partial charge in [0.15, 0.2) is 13.2 Å². The van der Waals surface area contributed by atoms with Crippen molar-refractivity contribution >= 4 is 23.5 Å². The molecule has 5 nitrogen and oxygen atoms in total. The van der Waals surface area contributed by atoms with E-state index in [1.54, 1.807) is 18.2 Å². The summed E-state index contributed by atoms with van der Waals surface area (Å²) >= 11 is 5.88. The quantitative estimate of drug-likeness (QED) is 0.766. The van der Waals surface area contributed by atoms with Crippen LogP contribution in [-0.4, -0.2) is 25.1 Å². The molecule has 0 aromatic heterocycles. The molecule has 0 radical (unpaired) electrons. The molecule has 3 rings (SSSR count). The van der Waals surface area contributed by atoms with Gasteiger partial charge in [-0.25, -0.2) is 4.79 Å². The molecule has 1 N–H and O–H groups in total. The summed E-state index contributed by atoms with van der Waals surface area (Å²) in [6.07, 6.45) is 2.94. The number of halogens is 1. The van der Waals surface area contributed by atoms with E-state index in [4.69, 9.17) is 21.1 Å². The van der Waals surface area contributed by atoms with Crippen molar-refractivity contribution in [2.75, 3.05) is 13.2 Å². The van der Waals surface area contributed by atoms with Gasteiger partial charge in [0.25, 0.3) is 5.91 Å². The van der Waals surface area contributed by atoms with Gasteiger partial charge in [0.1, 0.15) is 5.75 Å². The molecule has 142 valence electrons. The van der Waals surface area contributed by atoms with Crippen molar-refractivity contribution in [3.63, 3.8) is 0 Å². The molecule has 1 aliphatic carbocycles. The van der Waals surface area contributed by atoms with Gasteiger partial charge >= 0.3 is 5.97 Å². The monoisotopic (exact) mass is 387 g/mol. The molecule has 0 fully saturated rings. The molecule has 0 bridgehead atoms. The molecule has 27 heavy (non-hydrogen) atoms. The standard InChI is InChI=1S/C21H22ClNO4/c1-14-11-16(22)9-10-19(14)26-13-21(25)27-12-20(24)23-18-8-4-6-15-5-2-3-7-17(15)18/h2-3,5,7,9-11,18H,4,6,8,12-13H2,1H3,(H,23,24)/t18-/m1/s1. The Balaban J connectivity index is 1.45. The Bertz CT molecular complexity index is 837. The lowest BCUT2D eigenvalue weighted by Gasteiger charge is -2.26. The number of amides is 1. The van der Waals surface area contributed by atoms with Crippen molar-refractivity contribution < 1.29 is 19.1 Å². The minimum Gasteiger partial charge on any atom is -0.482 e. The van der Waals surface area contributed by atoms with Gasteiger partial charge in [-0.05, 0) is 61.1 Å². The fraction of sp³-hybridized carbons (Fsp3) is 0.333. The molecule has 0 saturated heterocycles. The van der Waals surface area contributed by atoms with Crippen molar-refractivity contribution in [1.82, 2.24) is 5.32 Å². The second-order valence-electron chi connectivity index (χ2n) is 6.57. The summed E-state index contributed by atoms with van der Waals surface area (Å²) in [7, 11) is 0. The number of hydrogen-bond acceptors (Lipinski definition) is 4. The Morgan fingerprint density at radius 1 is 1.19 bits per heavy atom. The number of esters is 1. The summed E-state index contributed by atoms with van der Waals surface area (Å²) in [5, 5.41) is 3.55. The highest BCUT2D eigenvalue weighted by molar-refractivity contribution is 6.30. The lowest BCUT2D eigenvalue weighted by molar-refractivity contribution is -0.150. The molecule has 2 aromatic carbocycles. The van der Waals surface area contributed by atoms with Crippen molar-refractivity contribution in [3.8, 4) is 5.75 Å². The van der Waals surface area contributed by atoms with Crippen LogP contribution in [0.5, 0.6) is 5.75 Å². The van der Waals surface area contributed by atoms with Crippen LogP contribution in [0.25, 0.3) is 0 Å². The molecule has 6 heteroatoms. The van der Waals surface area contributed by atoms with Gasteiger partial charge in [-0.1, -0.05) is 35.9 Å². The van der Waals surface area contributed by atoms with Gasteiger partial charge in [0.05, 0.1) is 6.04 Å². The number of nitrogens with one attached hydrogen (secondary N) is 1. The van der Waals surface area contributed by atoms with E-state index in [0.29, 0.717) is 10.8 Å². The summed E-state index contributed by atoms with van der Waals surface area (Å²) in [6, 6.07) is 13.2. The van der Waals surface area contributed by atoms with Crippen LogP contribution in [0.4, 0.5) is 0 Å². The van der Waals surface area contributed by atoms with Crippen LogP contribution in [0.3, 0.4) is 0 Å². The van der Waals surface area contributed by atoms with E-state index in [-0.39, 0.29) is 25.2 Å². The number of hydrogen-bond donors (Lipinski definition) is 1. The third-order valence-electron chi connectivity index (χ3n) is 4.55. The number of carbonyl (C=O) groups excluding carboxylic acids is 2. The number of carbonyl (C=O) groups is 2. The number of aryl methyl sites for hydroxylation is 2. The van der Waals surface area contributed by atoms with E-state index in [1.165, 1.54) is 5.56 Å². The molecule has 0 heterocycles. The Labute approximate surface area is 163 Å². The summed E-state index contributed by atoms with van der Waals surface area (Å²) in [6.45, 7) is 1.25. The van der Waals surface area contributed by atoms with E-state index in [1.807, 2.05) is 25.1 Å². The van der Waals surface area contributed by atoms with Crippen LogP contribution < -0.4 is 10.1 Å². The normalized spacial score (nSPS) is 15.6. The van der Waals surface area contributed by atoms with Gasteiger partial charge in [0, 0.05) is 5.02 Å². The zero-order chi connectivity index (χ0) is 19.2. The number of fused-ring (bicyclic) bond motifs is 1. The fourth-order valence-corrected chi connectivity index (χ4v) is 3.47. The van der Waals surface area contributed by atoms with Crippen molar-refractivity contribution in [2.45, 2.75) is 32.2 Å². The molecular formula is C21H22ClNO4. The zero-order valence-electron chi connectivity index (χ0n) is 15.2. The second kappa shape index (κ2) is 8.91. The van der Waals surface area contributed by atoms with Gasteiger partial charge < -0.3 is 14.8 Å². The van der Waals surface area contributed by atoms with Crippen molar-refractivity contribution in [3.05, 3.63) is 64.2 Å². The largest absolute Gasteiger partial charge is 0.482 e. The lowest BCUT2D eigenvalue weighted by atomic mass is 9.88. The molecule has 0 unspecified atom stereocenters. The first-order chi connectivity index (χ1) is 13.0.